The molecule has 1 fully saturated rings. The van der Waals surface area contributed by atoms with Gasteiger partial charge in [0.25, 0.3) is 5.56 Å². The minimum Gasteiger partial charge on any atom is -0.380 e. The molecule has 164 valence electrons. The zero-order valence-electron chi connectivity index (χ0n) is 18.9. The zero-order valence-corrected chi connectivity index (χ0v) is 18.9. The van der Waals surface area contributed by atoms with Crippen LogP contribution in [-0.2, 0) is 18.3 Å². The van der Waals surface area contributed by atoms with Gasteiger partial charge in [-0.15, -0.1) is 0 Å². The number of nitrogens with zero attached hydrogens (tertiary/aromatic N) is 5. The average Bonchev–Trinajstić information content (AvgIpc) is 3.15. The van der Waals surface area contributed by atoms with Gasteiger partial charge in [-0.2, -0.15) is 4.98 Å². The van der Waals surface area contributed by atoms with E-state index in [2.05, 4.69) is 32.3 Å². The average molecular weight is 416 g/mol. The minimum absolute atomic E-state index is 0.233. The van der Waals surface area contributed by atoms with Crippen LogP contribution in [0.1, 0.15) is 58.7 Å². The molecule has 30 heavy (non-hydrogen) atoms. The van der Waals surface area contributed by atoms with E-state index in [0.717, 1.165) is 24.3 Å². The molecular weight excluding hydrogens is 382 g/mol. The van der Waals surface area contributed by atoms with Gasteiger partial charge >= 0.3 is 5.69 Å². The molecule has 3 aromatic rings. The topological polar surface area (TPSA) is 75.5 Å². The Morgan fingerprint density at radius 3 is 2.67 bits per heavy atom. The summed E-state index contributed by atoms with van der Waals surface area (Å²) < 4.78 is 12.2. The molecule has 0 saturated heterocycles. The second kappa shape index (κ2) is 7.41. The van der Waals surface area contributed by atoms with E-state index in [4.69, 9.17) is 9.72 Å². The molecule has 8 nitrogen and oxygen atoms in total. The van der Waals surface area contributed by atoms with Crippen molar-refractivity contribution in [2.75, 3.05) is 13.2 Å². The lowest BCUT2D eigenvalue weighted by atomic mass is 9.70. The number of fused-ring (bicyclic) bond motifs is 3. The summed E-state index contributed by atoms with van der Waals surface area (Å²) in [5.41, 5.74) is 1.57. The summed E-state index contributed by atoms with van der Waals surface area (Å²) in [4.78, 5) is 30.8. The van der Waals surface area contributed by atoms with Gasteiger partial charge in [-0.05, 0) is 44.4 Å². The molecule has 1 aliphatic rings. The van der Waals surface area contributed by atoms with E-state index in [-0.39, 0.29) is 23.2 Å². The number of imidazole rings is 2. The van der Waals surface area contributed by atoms with Crippen molar-refractivity contribution in [2.24, 2.45) is 18.4 Å². The number of aryl methyl sites for hydroxylation is 2. The molecule has 0 bridgehead atoms. The Morgan fingerprint density at radius 1 is 1.27 bits per heavy atom. The van der Waals surface area contributed by atoms with Crippen molar-refractivity contribution < 1.29 is 4.74 Å². The summed E-state index contributed by atoms with van der Waals surface area (Å²) in [5.74, 6) is 1.37. The highest BCUT2D eigenvalue weighted by molar-refractivity contribution is 5.75. The van der Waals surface area contributed by atoms with Gasteiger partial charge in [0.15, 0.2) is 11.2 Å². The van der Waals surface area contributed by atoms with Crippen LogP contribution in [0.25, 0.3) is 16.9 Å². The van der Waals surface area contributed by atoms with Crippen molar-refractivity contribution >= 4 is 16.9 Å². The lowest BCUT2D eigenvalue weighted by Crippen LogP contribution is -2.40. The molecule has 2 atom stereocenters. The van der Waals surface area contributed by atoms with Crippen LogP contribution in [0, 0.1) is 18.3 Å². The van der Waals surface area contributed by atoms with E-state index in [0.29, 0.717) is 36.3 Å². The number of aromatic nitrogens is 5. The van der Waals surface area contributed by atoms with Gasteiger partial charge in [-0.25, -0.2) is 4.79 Å². The molecular formula is C22H33N5O3. The largest absolute Gasteiger partial charge is 0.380 e. The quantitative estimate of drug-likeness (QED) is 0.601. The van der Waals surface area contributed by atoms with Crippen LogP contribution in [0.5, 0.6) is 0 Å². The molecule has 3 aromatic heterocycles. The number of rotatable bonds is 5. The molecule has 1 saturated carbocycles. The maximum Gasteiger partial charge on any atom is 0.332 e. The van der Waals surface area contributed by atoms with E-state index in [1.54, 1.807) is 7.05 Å². The molecule has 0 amide bonds. The Hall–Kier alpha value is -2.35. The lowest BCUT2D eigenvalue weighted by Gasteiger charge is -2.39. The maximum atomic E-state index is 13.2. The Balaban J connectivity index is 1.91. The third kappa shape index (κ3) is 3.31. The van der Waals surface area contributed by atoms with E-state index < -0.39 is 0 Å². The van der Waals surface area contributed by atoms with Crippen molar-refractivity contribution in [1.82, 2.24) is 23.1 Å². The van der Waals surface area contributed by atoms with Gasteiger partial charge in [0, 0.05) is 31.6 Å². The third-order valence-electron chi connectivity index (χ3n) is 6.46. The second-order valence-electron chi connectivity index (χ2n) is 9.66. The molecule has 1 aliphatic carbocycles. The smallest absolute Gasteiger partial charge is 0.332 e. The number of hydrogen-bond acceptors (Lipinski definition) is 4. The Morgan fingerprint density at radius 2 is 2.00 bits per heavy atom. The number of ether oxygens (including phenoxy) is 1. The molecule has 0 spiro atoms. The summed E-state index contributed by atoms with van der Waals surface area (Å²) in [7, 11) is 1.68. The molecule has 0 radical (unpaired) electrons. The lowest BCUT2D eigenvalue weighted by molar-refractivity contribution is 0.137. The fourth-order valence-corrected chi connectivity index (χ4v) is 5.47. The third-order valence-corrected chi connectivity index (χ3v) is 6.46. The van der Waals surface area contributed by atoms with Crippen molar-refractivity contribution in [2.45, 2.75) is 66.5 Å². The first-order chi connectivity index (χ1) is 14.1. The predicted molar refractivity (Wildman–Crippen MR) is 117 cm³/mol. The first-order valence-electron chi connectivity index (χ1n) is 10.9. The molecule has 0 unspecified atom stereocenters. The molecule has 0 aliphatic heterocycles. The Kier molecular flexibility index (Phi) is 5.16. The highest BCUT2D eigenvalue weighted by atomic mass is 16.5. The molecule has 0 N–H and O–H groups in total. The SMILES string of the molecule is CCOCCn1c(=O)c2c(nc3n([C@H]4C[C@@H](C)CC(C)(C)C4)c(C)cn23)n(C)c1=O. The van der Waals surface area contributed by atoms with Crippen molar-refractivity contribution in [3.8, 4) is 0 Å². The van der Waals surface area contributed by atoms with Crippen LogP contribution in [0.3, 0.4) is 0 Å². The van der Waals surface area contributed by atoms with Crippen LogP contribution in [0.15, 0.2) is 15.8 Å². The van der Waals surface area contributed by atoms with E-state index in [1.165, 1.54) is 15.6 Å². The molecule has 0 aromatic carbocycles. The molecule has 8 heteroatoms. The standard InChI is InChI=1S/C22H33N5O3/c1-7-30-9-8-25-19(28)17-18(24(6)21(25)29)23-20-26(17)13-15(3)27(20)16-10-14(2)11-22(4,5)12-16/h13-14,16H,7-12H2,1-6H3/t14-,16+/m1/s1. The van der Waals surface area contributed by atoms with Gasteiger partial charge in [-0.1, -0.05) is 20.8 Å². The van der Waals surface area contributed by atoms with E-state index in [1.807, 2.05) is 17.5 Å². The van der Waals surface area contributed by atoms with Crippen molar-refractivity contribution in [1.29, 1.82) is 0 Å². The first-order valence-corrected chi connectivity index (χ1v) is 10.9. The summed E-state index contributed by atoms with van der Waals surface area (Å²) in [6, 6.07) is 0.329. The Labute approximate surface area is 176 Å². The van der Waals surface area contributed by atoms with Crippen LogP contribution in [0.4, 0.5) is 0 Å². The van der Waals surface area contributed by atoms with E-state index in [9.17, 15) is 9.59 Å². The van der Waals surface area contributed by atoms with Crippen LogP contribution < -0.4 is 11.2 Å². The Bertz CT molecular complexity index is 1210. The normalized spacial score (nSPS) is 21.7. The van der Waals surface area contributed by atoms with E-state index >= 15 is 0 Å². The van der Waals surface area contributed by atoms with Crippen LogP contribution in [-0.4, -0.2) is 36.3 Å². The maximum absolute atomic E-state index is 13.2. The predicted octanol–water partition coefficient (Wildman–Crippen LogP) is 2.88. The zero-order chi connectivity index (χ0) is 21.8. The van der Waals surface area contributed by atoms with Gasteiger partial charge < -0.3 is 9.30 Å². The van der Waals surface area contributed by atoms with Gasteiger partial charge in [-0.3, -0.25) is 18.3 Å². The van der Waals surface area contributed by atoms with Crippen molar-refractivity contribution in [3.63, 3.8) is 0 Å². The molecule has 3 heterocycles. The van der Waals surface area contributed by atoms with Crippen molar-refractivity contribution in [3.05, 3.63) is 32.7 Å². The van der Waals surface area contributed by atoms with Gasteiger partial charge in [0.2, 0.25) is 5.78 Å². The fourth-order valence-electron chi connectivity index (χ4n) is 5.47. The first kappa shape index (κ1) is 20.9. The minimum atomic E-state index is -0.358. The van der Waals surface area contributed by atoms with Crippen LogP contribution in [0.2, 0.25) is 0 Å². The summed E-state index contributed by atoms with van der Waals surface area (Å²) in [5, 5.41) is 0. The monoisotopic (exact) mass is 415 g/mol. The highest BCUT2D eigenvalue weighted by Gasteiger charge is 2.34. The second-order valence-corrected chi connectivity index (χ2v) is 9.66. The summed E-state index contributed by atoms with van der Waals surface area (Å²) >= 11 is 0. The summed E-state index contributed by atoms with van der Waals surface area (Å²) in [6.45, 7) is 12.0. The molecule has 4 rings (SSSR count). The van der Waals surface area contributed by atoms with Crippen LogP contribution >= 0.6 is 0 Å². The van der Waals surface area contributed by atoms with Gasteiger partial charge in [0.05, 0.1) is 13.2 Å². The summed E-state index contributed by atoms with van der Waals surface area (Å²) in [6.07, 6.45) is 5.36. The fraction of sp³-hybridized carbons (Fsp3) is 0.682. The number of hydrogen-bond donors (Lipinski definition) is 0. The van der Waals surface area contributed by atoms with Gasteiger partial charge in [0.1, 0.15) is 0 Å². The highest BCUT2D eigenvalue weighted by Crippen LogP contribution is 2.44.